The molecule has 1 atom stereocenters. The van der Waals surface area contributed by atoms with Crippen LogP contribution in [0.1, 0.15) is 17.0 Å². The molecule has 1 unspecified atom stereocenters. The lowest BCUT2D eigenvalue weighted by Crippen LogP contribution is -2.24. The average molecular weight is 240 g/mol. The number of hydrogen-bond acceptors (Lipinski definition) is 3. The first-order chi connectivity index (χ1) is 8.86. The molecule has 0 radical (unpaired) electrons. The maximum Gasteiger partial charge on any atom is 0.214 e. The van der Waals surface area contributed by atoms with Gasteiger partial charge in [-0.3, -0.25) is 0 Å². The standard InChI is InChI=1S/C15H16N2O/c1-18-15-8-4-7-14(17-15)16-10-12-9-11-5-2-3-6-13(11)12/h2-8,12H,9-10H2,1H3,(H,16,17). The summed E-state index contributed by atoms with van der Waals surface area (Å²) < 4.78 is 5.11. The van der Waals surface area contributed by atoms with Gasteiger partial charge in [-0.1, -0.05) is 30.3 Å². The summed E-state index contributed by atoms with van der Waals surface area (Å²) in [5.74, 6) is 2.13. The van der Waals surface area contributed by atoms with Gasteiger partial charge in [-0.15, -0.1) is 0 Å². The van der Waals surface area contributed by atoms with E-state index in [0.717, 1.165) is 18.8 Å². The summed E-state index contributed by atoms with van der Waals surface area (Å²) >= 11 is 0. The van der Waals surface area contributed by atoms with Gasteiger partial charge in [-0.2, -0.15) is 4.98 Å². The summed E-state index contributed by atoms with van der Waals surface area (Å²) in [6, 6.07) is 14.4. The highest BCUT2D eigenvalue weighted by molar-refractivity contribution is 5.43. The van der Waals surface area contributed by atoms with Gasteiger partial charge in [0.15, 0.2) is 0 Å². The maximum absolute atomic E-state index is 5.11. The number of nitrogens with one attached hydrogen (secondary N) is 1. The van der Waals surface area contributed by atoms with Crippen LogP contribution in [0.25, 0.3) is 0 Å². The first kappa shape index (κ1) is 11.1. The Kier molecular flexibility index (Phi) is 2.89. The van der Waals surface area contributed by atoms with Crippen molar-refractivity contribution in [2.75, 3.05) is 19.0 Å². The third kappa shape index (κ3) is 2.04. The van der Waals surface area contributed by atoms with Crippen LogP contribution < -0.4 is 10.1 Å². The van der Waals surface area contributed by atoms with Gasteiger partial charge in [0.05, 0.1) is 7.11 Å². The molecule has 1 aliphatic rings. The highest BCUT2D eigenvalue weighted by Gasteiger charge is 2.24. The SMILES string of the molecule is COc1cccc(NCC2Cc3ccccc32)n1. The van der Waals surface area contributed by atoms with Gasteiger partial charge < -0.3 is 10.1 Å². The van der Waals surface area contributed by atoms with Crippen molar-refractivity contribution in [3.63, 3.8) is 0 Å². The van der Waals surface area contributed by atoms with Crippen LogP contribution in [0, 0.1) is 0 Å². The second-order valence-electron chi connectivity index (χ2n) is 4.55. The van der Waals surface area contributed by atoms with Crippen molar-refractivity contribution in [1.29, 1.82) is 0 Å². The molecule has 3 heteroatoms. The van der Waals surface area contributed by atoms with E-state index in [2.05, 4.69) is 34.6 Å². The number of aromatic nitrogens is 1. The first-order valence-corrected chi connectivity index (χ1v) is 6.19. The van der Waals surface area contributed by atoms with Crippen molar-refractivity contribution in [1.82, 2.24) is 4.98 Å². The fourth-order valence-electron chi connectivity index (χ4n) is 2.40. The van der Waals surface area contributed by atoms with Crippen LogP contribution in [-0.2, 0) is 6.42 Å². The molecule has 0 spiro atoms. The van der Waals surface area contributed by atoms with Crippen LogP contribution in [0.15, 0.2) is 42.5 Å². The fourth-order valence-corrected chi connectivity index (χ4v) is 2.40. The second-order valence-corrected chi connectivity index (χ2v) is 4.55. The first-order valence-electron chi connectivity index (χ1n) is 6.19. The Morgan fingerprint density at radius 2 is 2.11 bits per heavy atom. The molecular formula is C15H16N2O. The zero-order valence-electron chi connectivity index (χ0n) is 10.4. The molecule has 0 fully saturated rings. The van der Waals surface area contributed by atoms with E-state index in [4.69, 9.17) is 4.74 Å². The van der Waals surface area contributed by atoms with Crippen LogP contribution in [0.5, 0.6) is 5.88 Å². The Balaban J connectivity index is 1.63. The minimum absolute atomic E-state index is 0.606. The predicted octanol–water partition coefficient (Wildman–Crippen LogP) is 2.84. The lowest BCUT2D eigenvalue weighted by molar-refractivity contribution is 0.398. The van der Waals surface area contributed by atoms with E-state index in [1.54, 1.807) is 7.11 Å². The number of hydrogen-bond donors (Lipinski definition) is 1. The normalized spacial score (nSPS) is 16.6. The van der Waals surface area contributed by atoms with Gasteiger partial charge in [-0.05, 0) is 23.6 Å². The van der Waals surface area contributed by atoms with Gasteiger partial charge in [0.25, 0.3) is 0 Å². The molecule has 0 saturated heterocycles. The zero-order valence-corrected chi connectivity index (χ0v) is 10.4. The van der Waals surface area contributed by atoms with Crippen molar-refractivity contribution in [2.24, 2.45) is 0 Å². The van der Waals surface area contributed by atoms with Gasteiger partial charge in [0, 0.05) is 18.5 Å². The number of rotatable bonds is 4. The van der Waals surface area contributed by atoms with Crippen molar-refractivity contribution in [3.05, 3.63) is 53.6 Å². The quantitative estimate of drug-likeness (QED) is 0.892. The number of benzene rings is 1. The number of anilines is 1. The summed E-state index contributed by atoms with van der Waals surface area (Å²) in [6.45, 7) is 0.928. The largest absolute Gasteiger partial charge is 0.481 e. The summed E-state index contributed by atoms with van der Waals surface area (Å²) in [6.07, 6.45) is 1.16. The van der Waals surface area contributed by atoms with Gasteiger partial charge in [0.2, 0.25) is 5.88 Å². The molecule has 1 aliphatic carbocycles. The molecule has 0 saturated carbocycles. The van der Waals surface area contributed by atoms with Crippen LogP contribution in [0.4, 0.5) is 5.82 Å². The van der Waals surface area contributed by atoms with E-state index in [9.17, 15) is 0 Å². The van der Waals surface area contributed by atoms with E-state index in [0.29, 0.717) is 11.8 Å². The van der Waals surface area contributed by atoms with Crippen LogP contribution in [0.2, 0.25) is 0 Å². The number of fused-ring (bicyclic) bond motifs is 1. The highest BCUT2D eigenvalue weighted by atomic mass is 16.5. The van der Waals surface area contributed by atoms with Crippen LogP contribution in [-0.4, -0.2) is 18.6 Å². The Hall–Kier alpha value is -2.03. The number of pyridine rings is 1. The lowest BCUT2D eigenvalue weighted by atomic mass is 9.77. The fraction of sp³-hybridized carbons (Fsp3) is 0.267. The van der Waals surface area contributed by atoms with E-state index < -0.39 is 0 Å². The minimum atomic E-state index is 0.606. The molecule has 0 amide bonds. The zero-order chi connectivity index (χ0) is 12.4. The van der Waals surface area contributed by atoms with E-state index in [1.807, 2.05) is 18.2 Å². The summed E-state index contributed by atoms with van der Waals surface area (Å²) in [5, 5.41) is 3.37. The molecule has 1 heterocycles. The molecule has 0 aliphatic heterocycles. The van der Waals surface area contributed by atoms with E-state index >= 15 is 0 Å². The molecule has 1 aromatic carbocycles. The van der Waals surface area contributed by atoms with Gasteiger partial charge >= 0.3 is 0 Å². The molecule has 3 rings (SSSR count). The van der Waals surface area contributed by atoms with Crippen LogP contribution in [0.3, 0.4) is 0 Å². The number of ether oxygens (including phenoxy) is 1. The van der Waals surface area contributed by atoms with Crippen molar-refractivity contribution < 1.29 is 4.74 Å². The summed E-state index contributed by atoms with van der Waals surface area (Å²) in [5.41, 5.74) is 2.94. The van der Waals surface area contributed by atoms with Gasteiger partial charge in [-0.25, -0.2) is 0 Å². The third-order valence-corrected chi connectivity index (χ3v) is 3.42. The smallest absolute Gasteiger partial charge is 0.214 e. The molecule has 92 valence electrons. The van der Waals surface area contributed by atoms with E-state index in [-0.39, 0.29) is 0 Å². The molecular weight excluding hydrogens is 224 g/mol. The monoisotopic (exact) mass is 240 g/mol. The molecule has 1 aromatic heterocycles. The molecule has 18 heavy (non-hydrogen) atoms. The Morgan fingerprint density at radius 1 is 1.22 bits per heavy atom. The minimum Gasteiger partial charge on any atom is -0.481 e. The topological polar surface area (TPSA) is 34.1 Å². The van der Waals surface area contributed by atoms with E-state index in [1.165, 1.54) is 11.1 Å². The molecule has 3 nitrogen and oxygen atoms in total. The van der Waals surface area contributed by atoms with Crippen molar-refractivity contribution in [3.8, 4) is 5.88 Å². The van der Waals surface area contributed by atoms with Crippen molar-refractivity contribution in [2.45, 2.75) is 12.3 Å². The predicted molar refractivity (Wildman–Crippen MR) is 72.2 cm³/mol. The maximum atomic E-state index is 5.11. The third-order valence-electron chi connectivity index (χ3n) is 3.42. The number of nitrogens with zero attached hydrogens (tertiary/aromatic N) is 1. The Morgan fingerprint density at radius 3 is 2.94 bits per heavy atom. The van der Waals surface area contributed by atoms with Crippen LogP contribution >= 0.6 is 0 Å². The second kappa shape index (κ2) is 4.69. The van der Waals surface area contributed by atoms with Crippen molar-refractivity contribution >= 4 is 5.82 Å². The number of methoxy groups -OCH3 is 1. The average Bonchev–Trinajstić information content (AvgIpc) is 2.40. The summed E-state index contributed by atoms with van der Waals surface area (Å²) in [7, 11) is 1.63. The lowest BCUT2D eigenvalue weighted by Gasteiger charge is -2.30. The molecule has 0 bridgehead atoms. The van der Waals surface area contributed by atoms with Gasteiger partial charge in [0.1, 0.15) is 5.82 Å². The highest BCUT2D eigenvalue weighted by Crippen LogP contribution is 2.34. The Labute approximate surface area is 107 Å². The summed E-state index contributed by atoms with van der Waals surface area (Å²) in [4.78, 5) is 4.34. The Bertz CT molecular complexity index is 554. The molecule has 1 N–H and O–H groups in total. The molecule has 2 aromatic rings.